The Kier molecular flexibility index (Phi) is 8.78. The molecule has 0 amide bonds. The fraction of sp³-hybridized carbons (Fsp3) is 0.533. The highest BCUT2D eigenvalue weighted by Crippen LogP contribution is 2.08. The number of rotatable bonds is 11. The van der Waals surface area contributed by atoms with Crippen LogP contribution < -0.4 is 4.90 Å². The van der Waals surface area contributed by atoms with Gasteiger partial charge in [0.2, 0.25) is 5.95 Å². The first-order valence-corrected chi connectivity index (χ1v) is 7.12. The van der Waals surface area contributed by atoms with Crippen LogP contribution in [0.4, 0.5) is 5.95 Å². The first-order valence-electron chi connectivity index (χ1n) is 7.12. The van der Waals surface area contributed by atoms with Crippen LogP contribution in [0.15, 0.2) is 31.1 Å². The summed E-state index contributed by atoms with van der Waals surface area (Å²) in [6.07, 6.45) is 5.11. The number of aromatic nitrogens is 2. The van der Waals surface area contributed by atoms with Crippen molar-refractivity contribution in [1.29, 1.82) is 0 Å². The molecule has 1 rings (SSSR count). The van der Waals surface area contributed by atoms with Gasteiger partial charge in [-0.05, 0) is 12.5 Å². The molecule has 1 N–H and O–H groups in total. The van der Waals surface area contributed by atoms with Crippen LogP contribution in [0.1, 0.15) is 12.8 Å². The van der Waals surface area contributed by atoms with Crippen molar-refractivity contribution in [3.8, 4) is 0 Å². The zero-order valence-electron chi connectivity index (χ0n) is 12.9. The van der Waals surface area contributed by atoms with Crippen LogP contribution in [0, 0.1) is 0 Å². The maximum absolute atomic E-state index is 11.2. The number of carbonyl (C=O) groups excluding carboxylic acids is 1. The average Bonchev–Trinajstić information content (AvgIpc) is 2.54. The summed E-state index contributed by atoms with van der Waals surface area (Å²) in [7, 11) is 1.36. The molecule has 0 aliphatic rings. The Balaban J connectivity index is 2.54. The predicted molar refractivity (Wildman–Crippen MR) is 82.5 cm³/mol. The van der Waals surface area contributed by atoms with Crippen molar-refractivity contribution >= 4 is 11.9 Å². The summed E-state index contributed by atoms with van der Waals surface area (Å²) in [6.45, 7) is 5.00. The molecule has 0 fully saturated rings. The minimum absolute atomic E-state index is 0.201. The number of ether oxygens (including phenoxy) is 2. The van der Waals surface area contributed by atoms with Crippen LogP contribution >= 0.6 is 0 Å². The second-order valence-corrected chi connectivity index (χ2v) is 4.65. The molecule has 0 bridgehead atoms. The highest BCUT2D eigenvalue weighted by atomic mass is 16.5. The lowest BCUT2D eigenvalue weighted by Gasteiger charge is -2.25. The Morgan fingerprint density at radius 2 is 2.23 bits per heavy atom. The Bertz CT molecular complexity index is 442. The van der Waals surface area contributed by atoms with E-state index in [4.69, 9.17) is 4.74 Å². The molecule has 1 aromatic rings. The second-order valence-electron chi connectivity index (χ2n) is 4.65. The summed E-state index contributed by atoms with van der Waals surface area (Å²) < 4.78 is 9.85. The van der Waals surface area contributed by atoms with Gasteiger partial charge in [-0.3, -0.25) is 4.79 Å². The second kappa shape index (κ2) is 10.7. The predicted octanol–water partition coefficient (Wildman–Crippen LogP) is 0.800. The molecule has 0 aromatic carbocycles. The maximum Gasteiger partial charge on any atom is 0.305 e. The minimum atomic E-state index is -0.679. The van der Waals surface area contributed by atoms with Gasteiger partial charge in [0.05, 0.1) is 26.4 Å². The lowest BCUT2D eigenvalue weighted by atomic mass is 10.2. The summed E-state index contributed by atoms with van der Waals surface area (Å²) in [5, 5.41) is 10.0. The summed E-state index contributed by atoms with van der Waals surface area (Å²) in [6, 6.07) is 1.72. The monoisotopic (exact) mass is 309 g/mol. The Hall–Kier alpha value is -1.99. The van der Waals surface area contributed by atoms with Gasteiger partial charge in [0, 0.05) is 31.9 Å². The standard InChI is InChI=1S/C15H23N3O4/c1-3-10-22-12-13(19)11-18(9-4-6-14(20)21-2)15-16-7-5-8-17-15/h3,5,7-8,13,19H,1,4,6,9-12H2,2H3. The van der Waals surface area contributed by atoms with Crippen LogP contribution in [-0.2, 0) is 14.3 Å². The van der Waals surface area contributed by atoms with Crippen molar-refractivity contribution in [1.82, 2.24) is 9.97 Å². The molecule has 1 unspecified atom stereocenters. The van der Waals surface area contributed by atoms with Gasteiger partial charge in [-0.15, -0.1) is 6.58 Å². The third kappa shape index (κ3) is 7.14. The highest BCUT2D eigenvalue weighted by molar-refractivity contribution is 5.69. The van der Waals surface area contributed by atoms with E-state index in [1.807, 2.05) is 4.90 Å². The molecule has 122 valence electrons. The van der Waals surface area contributed by atoms with Crippen molar-refractivity contribution in [2.75, 3.05) is 38.3 Å². The van der Waals surface area contributed by atoms with Gasteiger partial charge in [-0.2, -0.15) is 0 Å². The van der Waals surface area contributed by atoms with E-state index in [0.717, 1.165) is 0 Å². The van der Waals surface area contributed by atoms with E-state index in [2.05, 4.69) is 21.3 Å². The van der Waals surface area contributed by atoms with Gasteiger partial charge >= 0.3 is 5.97 Å². The number of hydrogen-bond donors (Lipinski definition) is 1. The number of anilines is 1. The first kappa shape index (κ1) is 18.1. The molecule has 1 heterocycles. The van der Waals surface area contributed by atoms with E-state index < -0.39 is 6.10 Å². The smallest absolute Gasteiger partial charge is 0.305 e. The molecule has 0 radical (unpaired) electrons. The van der Waals surface area contributed by atoms with E-state index >= 15 is 0 Å². The molecule has 7 nitrogen and oxygen atoms in total. The Labute approximate surface area is 130 Å². The Morgan fingerprint density at radius 3 is 2.86 bits per heavy atom. The number of aliphatic hydroxyl groups is 1. The average molecular weight is 309 g/mol. The normalized spacial score (nSPS) is 11.7. The van der Waals surface area contributed by atoms with Crippen molar-refractivity contribution in [3.63, 3.8) is 0 Å². The fourth-order valence-corrected chi connectivity index (χ4v) is 1.84. The van der Waals surface area contributed by atoms with Crippen LogP contribution in [0.3, 0.4) is 0 Å². The van der Waals surface area contributed by atoms with Crippen molar-refractivity contribution in [2.45, 2.75) is 18.9 Å². The largest absolute Gasteiger partial charge is 0.469 e. The van der Waals surface area contributed by atoms with E-state index in [-0.39, 0.29) is 12.6 Å². The zero-order valence-corrected chi connectivity index (χ0v) is 12.9. The molecule has 0 spiro atoms. The van der Waals surface area contributed by atoms with Gasteiger partial charge in [0.25, 0.3) is 0 Å². The third-order valence-corrected chi connectivity index (χ3v) is 2.85. The molecule has 0 aliphatic heterocycles. The van der Waals surface area contributed by atoms with E-state index in [9.17, 15) is 9.90 Å². The molecule has 1 atom stereocenters. The first-order chi connectivity index (χ1) is 10.7. The lowest BCUT2D eigenvalue weighted by Crippen LogP contribution is -2.37. The maximum atomic E-state index is 11.2. The molecule has 0 aliphatic carbocycles. The number of nitrogens with zero attached hydrogens (tertiary/aromatic N) is 3. The van der Waals surface area contributed by atoms with Gasteiger partial charge in [0.1, 0.15) is 0 Å². The highest BCUT2D eigenvalue weighted by Gasteiger charge is 2.15. The number of esters is 1. The summed E-state index contributed by atoms with van der Waals surface area (Å²) in [5.74, 6) is 0.249. The van der Waals surface area contributed by atoms with E-state index in [1.54, 1.807) is 24.5 Å². The lowest BCUT2D eigenvalue weighted by molar-refractivity contribution is -0.140. The van der Waals surface area contributed by atoms with Crippen LogP contribution in [0.5, 0.6) is 0 Å². The van der Waals surface area contributed by atoms with Crippen LogP contribution in [0.25, 0.3) is 0 Å². The van der Waals surface area contributed by atoms with Gasteiger partial charge in [-0.1, -0.05) is 6.08 Å². The van der Waals surface area contributed by atoms with E-state index in [1.165, 1.54) is 7.11 Å². The van der Waals surface area contributed by atoms with E-state index in [0.29, 0.717) is 38.5 Å². The molecular formula is C15H23N3O4. The van der Waals surface area contributed by atoms with Crippen molar-refractivity contribution in [2.24, 2.45) is 0 Å². The van der Waals surface area contributed by atoms with Gasteiger partial charge in [0.15, 0.2) is 0 Å². The van der Waals surface area contributed by atoms with Gasteiger partial charge < -0.3 is 19.5 Å². The summed E-state index contributed by atoms with van der Waals surface area (Å²) in [4.78, 5) is 21.4. The summed E-state index contributed by atoms with van der Waals surface area (Å²) >= 11 is 0. The molecule has 7 heteroatoms. The van der Waals surface area contributed by atoms with Crippen LogP contribution in [0.2, 0.25) is 0 Å². The topological polar surface area (TPSA) is 84.8 Å². The minimum Gasteiger partial charge on any atom is -0.469 e. The number of aliphatic hydroxyl groups excluding tert-OH is 1. The Morgan fingerprint density at radius 1 is 1.50 bits per heavy atom. The zero-order chi connectivity index (χ0) is 16.2. The fourth-order valence-electron chi connectivity index (χ4n) is 1.84. The summed E-state index contributed by atoms with van der Waals surface area (Å²) in [5.41, 5.74) is 0. The molecule has 1 aromatic heterocycles. The molecular weight excluding hydrogens is 286 g/mol. The third-order valence-electron chi connectivity index (χ3n) is 2.85. The van der Waals surface area contributed by atoms with Crippen molar-refractivity contribution < 1.29 is 19.4 Å². The number of methoxy groups -OCH3 is 1. The SMILES string of the molecule is C=CCOCC(O)CN(CCCC(=O)OC)c1ncccn1. The molecule has 0 saturated heterocycles. The van der Waals surface area contributed by atoms with Crippen LogP contribution in [-0.4, -0.2) is 60.6 Å². The van der Waals surface area contributed by atoms with Crippen molar-refractivity contribution in [3.05, 3.63) is 31.1 Å². The molecule has 0 saturated carbocycles. The number of hydrogen-bond acceptors (Lipinski definition) is 7. The van der Waals surface area contributed by atoms with Gasteiger partial charge in [-0.25, -0.2) is 9.97 Å². The number of carbonyl (C=O) groups is 1. The quantitative estimate of drug-likeness (QED) is 0.367. The molecule has 22 heavy (non-hydrogen) atoms.